The van der Waals surface area contributed by atoms with Gasteiger partial charge in [-0.15, -0.1) is 0 Å². The molecule has 30 heavy (non-hydrogen) atoms. The summed E-state index contributed by atoms with van der Waals surface area (Å²) < 4.78 is 19.9. The van der Waals surface area contributed by atoms with E-state index in [4.69, 9.17) is 4.52 Å². The zero-order chi connectivity index (χ0) is 21.4. The minimum Gasteiger partial charge on any atom is -0.361 e. The molecule has 2 atom stereocenters. The van der Waals surface area contributed by atoms with Gasteiger partial charge in [-0.1, -0.05) is 5.16 Å². The molecular weight excluding hydrogens is 389 g/mol. The standard InChI is InChI=1S/C21H22FN5O3/c1-12-19(13(2)30-25-12)21(29)23-9-14-8-18(28)26(3)20(14)15-10-24-27(11-15)17-6-4-16(22)5-7-17/h4-7,10-11,14,20H,8-9H2,1-3H3,(H,23,29)/t14-,20+/m0/s1. The minimum atomic E-state index is -0.318. The first-order valence-corrected chi connectivity index (χ1v) is 9.62. The normalized spacial score (nSPS) is 18.8. The predicted octanol–water partition coefficient (Wildman–Crippen LogP) is 2.57. The summed E-state index contributed by atoms with van der Waals surface area (Å²) in [6.07, 6.45) is 3.85. The number of rotatable bonds is 5. The van der Waals surface area contributed by atoms with Crippen molar-refractivity contribution < 1.29 is 18.5 Å². The number of nitrogens with zero attached hydrogens (tertiary/aromatic N) is 4. The highest BCUT2D eigenvalue weighted by atomic mass is 19.1. The molecule has 3 aromatic rings. The Morgan fingerprint density at radius 1 is 1.30 bits per heavy atom. The number of aryl methyl sites for hydroxylation is 2. The van der Waals surface area contributed by atoms with Crippen LogP contribution in [0.3, 0.4) is 0 Å². The molecule has 2 aromatic heterocycles. The van der Waals surface area contributed by atoms with Crippen LogP contribution in [-0.2, 0) is 4.79 Å². The van der Waals surface area contributed by atoms with Crippen LogP contribution in [0.5, 0.6) is 0 Å². The predicted molar refractivity (Wildman–Crippen MR) is 105 cm³/mol. The van der Waals surface area contributed by atoms with Crippen molar-refractivity contribution in [3.63, 3.8) is 0 Å². The Balaban J connectivity index is 1.52. The highest BCUT2D eigenvalue weighted by molar-refractivity contribution is 5.96. The number of hydrogen-bond donors (Lipinski definition) is 1. The molecule has 1 aromatic carbocycles. The number of aromatic nitrogens is 3. The molecule has 0 unspecified atom stereocenters. The Hall–Kier alpha value is -3.49. The molecule has 0 radical (unpaired) electrons. The van der Waals surface area contributed by atoms with E-state index in [1.807, 2.05) is 6.20 Å². The third kappa shape index (κ3) is 3.58. The van der Waals surface area contributed by atoms with Crippen molar-refractivity contribution in [2.24, 2.45) is 5.92 Å². The molecule has 8 nitrogen and oxygen atoms in total. The lowest BCUT2D eigenvalue weighted by molar-refractivity contribution is -0.127. The average Bonchev–Trinajstić information content (AvgIpc) is 3.39. The van der Waals surface area contributed by atoms with Gasteiger partial charge in [-0.2, -0.15) is 5.10 Å². The topological polar surface area (TPSA) is 93.3 Å². The fraction of sp³-hybridized carbons (Fsp3) is 0.333. The molecule has 2 amide bonds. The van der Waals surface area contributed by atoms with E-state index in [9.17, 15) is 14.0 Å². The smallest absolute Gasteiger partial charge is 0.256 e. The molecule has 9 heteroatoms. The number of hydrogen-bond acceptors (Lipinski definition) is 5. The fourth-order valence-corrected chi connectivity index (χ4v) is 3.97. The molecule has 0 aliphatic carbocycles. The van der Waals surface area contributed by atoms with Crippen molar-refractivity contribution in [3.8, 4) is 5.69 Å². The number of amides is 2. The number of benzene rings is 1. The van der Waals surface area contributed by atoms with E-state index < -0.39 is 0 Å². The highest BCUT2D eigenvalue weighted by Gasteiger charge is 2.39. The zero-order valence-corrected chi connectivity index (χ0v) is 16.9. The second-order valence-electron chi connectivity index (χ2n) is 7.52. The molecular formula is C21H22FN5O3. The Labute approximate surface area is 172 Å². The van der Waals surface area contributed by atoms with Gasteiger partial charge in [0.1, 0.15) is 17.1 Å². The molecule has 1 aliphatic heterocycles. The van der Waals surface area contributed by atoms with Gasteiger partial charge in [0.15, 0.2) is 0 Å². The van der Waals surface area contributed by atoms with Gasteiger partial charge in [-0.25, -0.2) is 9.07 Å². The lowest BCUT2D eigenvalue weighted by Gasteiger charge is -2.24. The molecule has 1 N–H and O–H groups in total. The lowest BCUT2D eigenvalue weighted by atomic mass is 9.95. The van der Waals surface area contributed by atoms with Gasteiger partial charge < -0.3 is 14.7 Å². The average molecular weight is 411 g/mol. The Morgan fingerprint density at radius 3 is 2.70 bits per heavy atom. The molecule has 0 bridgehead atoms. The van der Waals surface area contributed by atoms with Crippen molar-refractivity contribution in [3.05, 3.63) is 65.1 Å². The Morgan fingerprint density at radius 2 is 2.03 bits per heavy atom. The summed E-state index contributed by atoms with van der Waals surface area (Å²) in [5.74, 6) is -0.235. The van der Waals surface area contributed by atoms with E-state index in [0.29, 0.717) is 30.0 Å². The first kappa shape index (κ1) is 19.8. The van der Waals surface area contributed by atoms with Gasteiger partial charge in [-0.05, 0) is 38.1 Å². The number of likely N-dealkylation sites (tertiary alicyclic amines) is 1. The molecule has 0 saturated carbocycles. The first-order valence-electron chi connectivity index (χ1n) is 9.62. The number of nitrogens with one attached hydrogen (secondary N) is 1. The van der Waals surface area contributed by atoms with Crippen LogP contribution in [0, 0.1) is 25.6 Å². The lowest BCUT2D eigenvalue weighted by Crippen LogP contribution is -2.33. The van der Waals surface area contributed by atoms with Gasteiger partial charge in [0.05, 0.1) is 23.6 Å². The Bertz CT molecular complexity index is 1070. The van der Waals surface area contributed by atoms with Crippen molar-refractivity contribution in [2.45, 2.75) is 26.3 Å². The van der Waals surface area contributed by atoms with Gasteiger partial charge in [0.25, 0.3) is 5.91 Å². The SMILES string of the molecule is Cc1noc(C)c1C(=O)NC[C@@H]1CC(=O)N(C)[C@H]1c1cnn(-c2ccc(F)cc2)c1. The summed E-state index contributed by atoms with van der Waals surface area (Å²) in [6, 6.07) is 5.79. The second-order valence-corrected chi connectivity index (χ2v) is 7.52. The van der Waals surface area contributed by atoms with E-state index in [2.05, 4.69) is 15.6 Å². The maximum Gasteiger partial charge on any atom is 0.256 e. The number of halogens is 1. The van der Waals surface area contributed by atoms with Crippen LogP contribution < -0.4 is 5.32 Å². The number of carbonyl (C=O) groups is 2. The highest BCUT2D eigenvalue weighted by Crippen LogP contribution is 2.36. The quantitative estimate of drug-likeness (QED) is 0.697. The van der Waals surface area contributed by atoms with Crippen LogP contribution in [0.1, 0.15) is 39.8 Å². The summed E-state index contributed by atoms with van der Waals surface area (Å²) in [6.45, 7) is 3.73. The molecule has 1 fully saturated rings. The van der Waals surface area contributed by atoms with Crippen LogP contribution in [-0.4, -0.2) is 45.2 Å². The van der Waals surface area contributed by atoms with Crippen molar-refractivity contribution in [1.29, 1.82) is 0 Å². The molecule has 1 saturated heterocycles. The maximum absolute atomic E-state index is 13.2. The largest absolute Gasteiger partial charge is 0.361 e. The zero-order valence-electron chi connectivity index (χ0n) is 16.9. The van der Waals surface area contributed by atoms with Gasteiger partial charge in [0.2, 0.25) is 5.91 Å². The van der Waals surface area contributed by atoms with Crippen LogP contribution in [0.2, 0.25) is 0 Å². The summed E-state index contributed by atoms with van der Waals surface area (Å²) in [5.41, 5.74) is 2.53. The van der Waals surface area contributed by atoms with E-state index in [-0.39, 0.29) is 29.6 Å². The van der Waals surface area contributed by atoms with E-state index in [1.54, 1.807) is 48.8 Å². The molecule has 156 valence electrons. The summed E-state index contributed by atoms with van der Waals surface area (Å²) >= 11 is 0. The molecule has 0 spiro atoms. The summed E-state index contributed by atoms with van der Waals surface area (Å²) in [4.78, 5) is 26.6. The van der Waals surface area contributed by atoms with Crippen LogP contribution in [0.25, 0.3) is 5.69 Å². The van der Waals surface area contributed by atoms with E-state index in [0.717, 1.165) is 11.3 Å². The molecule has 3 heterocycles. The van der Waals surface area contributed by atoms with Crippen molar-refractivity contribution in [1.82, 2.24) is 25.2 Å². The third-order valence-electron chi connectivity index (χ3n) is 5.51. The van der Waals surface area contributed by atoms with Crippen molar-refractivity contribution in [2.75, 3.05) is 13.6 Å². The van der Waals surface area contributed by atoms with Gasteiger partial charge in [0, 0.05) is 37.7 Å². The van der Waals surface area contributed by atoms with E-state index in [1.165, 1.54) is 12.1 Å². The van der Waals surface area contributed by atoms with Crippen LogP contribution in [0.15, 0.2) is 41.2 Å². The monoisotopic (exact) mass is 411 g/mol. The van der Waals surface area contributed by atoms with Crippen LogP contribution in [0.4, 0.5) is 4.39 Å². The van der Waals surface area contributed by atoms with Crippen LogP contribution >= 0.6 is 0 Å². The maximum atomic E-state index is 13.2. The first-order chi connectivity index (χ1) is 14.3. The third-order valence-corrected chi connectivity index (χ3v) is 5.51. The summed E-state index contributed by atoms with van der Waals surface area (Å²) in [7, 11) is 1.75. The minimum absolute atomic E-state index is 0.00567. The Kier molecular flexibility index (Phi) is 5.11. The van der Waals surface area contributed by atoms with E-state index >= 15 is 0 Å². The fourth-order valence-electron chi connectivity index (χ4n) is 3.97. The number of carbonyl (C=O) groups excluding carboxylic acids is 2. The summed E-state index contributed by atoms with van der Waals surface area (Å²) in [5, 5.41) is 11.1. The van der Waals surface area contributed by atoms with Gasteiger partial charge >= 0.3 is 0 Å². The molecule has 4 rings (SSSR count). The molecule has 1 aliphatic rings. The van der Waals surface area contributed by atoms with Gasteiger partial charge in [-0.3, -0.25) is 9.59 Å². The van der Waals surface area contributed by atoms with Crippen molar-refractivity contribution >= 4 is 11.8 Å². The second kappa shape index (κ2) is 7.74.